The van der Waals surface area contributed by atoms with Crippen molar-refractivity contribution in [2.75, 3.05) is 24.7 Å². The number of hydrogen-bond acceptors (Lipinski definition) is 10. The van der Waals surface area contributed by atoms with Gasteiger partial charge >= 0.3 is 6.03 Å². The number of nitrogens with zero attached hydrogens (tertiary/aromatic N) is 1. The number of urea groups is 1. The second-order valence-corrected chi connectivity index (χ2v) is 10.9. The Morgan fingerprint density at radius 2 is 1.64 bits per heavy atom. The van der Waals surface area contributed by atoms with E-state index in [4.69, 9.17) is 5.73 Å². The number of primary amides is 1. The molecule has 6 atom stereocenters. The first-order chi connectivity index (χ1) is 19.7. The maximum Gasteiger partial charge on any atom is 0.323 e. The van der Waals surface area contributed by atoms with Gasteiger partial charge in [-0.05, 0) is 43.8 Å². The van der Waals surface area contributed by atoms with Crippen molar-refractivity contribution in [2.24, 2.45) is 17.6 Å². The summed E-state index contributed by atoms with van der Waals surface area (Å²) in [7, 11) is 2.87. The first-order valence-electron chi connectivity index (χ1n) is 13.0. The highest BCUT2D eigenvalue weighted by atomic mass is 16.4. The maximum atomic E-state index is 14.0. The van der Waals surface area contributed by atoms with Gasteiger partial charge in [-0.25, -0.2) is 4.79 Å². The van der Waals surface area contributed by atoms with E-state index in [0.717, 1.165) is 0 Å². The summed E-state index contributed by atoms with van der Waals surface area (Å²) in [6, 6.07) is 9.24. The molecule has 3 aliphatic rings. The quantitative estimate of drug-likeness (QED) is 0.191. The highest BCUT2D eigenvalue weighted by molar-refractivity contribution is 6.24. The number of phenols is 1. The summed E-state index contributed by atoms with van der Waals surface area (Å²) in [5, 5.41) is 62.0. The summed E-state index contributed by atoms with van der Waals surface area (Å²) in [5.74, 6) is -9.95. The Bertz CT molecular complexity index is 1600. The second-order valence-electron chi connectivity index (χ2n) is 10.9. The monoisotopic (exact) mass is 578 g/mol. The van der Waals surface area contributed by atoms with Crippen LogP contribution in [0.25, 0.3) is 5.76 Å². The number of rotatable bonds is 4. The summed E-state index contributed by atoms with van der Waals surface area (Å²) in [6.07, 6.45) is -1.70. The van der Waals surface area contributed by atoms with Crippen LogP contribution < -0.4 is 16.4 Å². The van der Waals surface area contributed by atoms with Crippen molar-refractivity contribution in [3.63, 3.8) is 0 Å². The predicted octanol–water partition coefficient (Wildman–Crippen LogP) is 1.14. The normalized spacial score (nSPS) is 28.7. The number of Topliss-reactive ketones (excluding diaryl/α,β-unsaturated/α-hetero) is 2. The zero-order chi connectivity index (χ0) is 30.8. The minimum absolute atomic E-state index is 0.116. The van der Waals surface area contributed by atoms with Crippen LogP contribution in [0.1, 0.15) is 24.0 Å². The third-order valence-electron chi connectivity index (χ3n) is 8.41. The number of nitrogens with two attached hydrogens (primary N) is 1. The van der Waals surface area contributed by atoms with E-state index in [-0.39, 0.29) is 11.3 Å². The summed E-state index contributed by atoms with van der Waals surface area (Å²) in [4.78, 5) is 53.3. The lowest BCUT2D eigenvalue weighted by atomic mass is 9.54. The summed E-state index contributed by atoms with van der Waals surface area (Å²) in [6.45, 7) is 1.62. The van der Waals surface area contributed by atoms with Gasteiger partial charge in [0.1, 0.15) is 22.8 Å². The number of hydrogen-bond donors (Lipinski definition) is 8. The molecule has 1 saturated carbocycles. The van der Waals surface area contributed by atoms with Crippen LogP contribution in [-0.4, -0.2) is 85.8 Å². The van der Waals surface area contributed by atoms with E-state index in [1.54, 1.807) is 37.3 Å². The second kappa shape index (κ2) is 9.98. The molecule has 0 aromatic heterocycles. The third kappa shape index (κ3) is 3.96. The molecule has 2 aromatic carbocycles. The Kier molecular flexibility index (Phi) is 6.84. The van der Waals surface area contributed by atoms with Crippen molar-refractivity contribution in [3.05, 3.63) is 70.5 Å². The van der Waals surface area contributed by atoms with Crippen molar-refractivity contribution in [1.82, 2.24) is 4.90 Å². The molecule has 0 bridgehead atoms. The van der Waals surface area contributed by atoms with Crippen LogP contribution >= 0.6 is 0 Å². The maximum absolute atomic E-state index is 14.0. The minimum Gasteiger partial charge on any atom is -0.508 e. The number of aliphatic hydroxyl groups is 4. The summed E-state index contributed by atoms with van der Waals surface area (Å²) >= 11 is 0. The minimum atomic E-state index is -3.01. The van der Waals surface area contributed by atoms with Crippen molar-refractivity contribution in [3.8, 4) is 5.75 Å². The molecule has 0 radical (unpaired) electrons. The van der Waals surface area contributed by atoms with E-state index in [2.05, 4.69) is 10.6 Å². The van der Waals surface area contributed by atoms with Crippen LogP contribution in [0.15, 0.2) is 59.4 Å². The number of carbonyl (C=O) groups is 4. The molecule has 0 saturated heterocycles. The molecular formula is C29H30N4O9. The lowest BCUT2D eigenvalue weighted by molar-refractivity contribution is -0.169. The smallest absolute Gasteiger partial charge is 0.323 e. The molecule has 1 fully saturated rings. The van der Waals surface area contributed by atoms with Gasteiger partial charge in [-0.2, -0.15) is 0 Å². The van der Waals surface area contributed by atoms with Crippen LogP contribution in [0.5, 0.6) is 5.75 Å². The molecule has 3 aliphatic carbocycles. The number of carbonyl (C=O) groups excluding carboxylic acids is 4. The molecule has 5 rings (SSSR count). The zero-order valence-corrected chi connectivity index (χ0v) is 22.8. The lowest BCUT2D eigenvalue weighted by Crippen LogP contribution is -2.70. The van der Waals surface area contributed by atoms with E-state index < -0.39 is 87.4 Å². The van der Waals surface area contributed by atoms with Gasteiger partial charge in [-0.15, -0.1) is 0 Å². The number of para-hydroxylation sites is 1. The van der Waals surface area contributed by atoms with Crippen LogP contribution in [-0.2, 0) is 14.4 Å². The van der Waals surface area contributed by atoms with Gasteiger partial charge in [-0.3, -0.25) is 19.3 Å². The Hall–Kier alpha value is -4.72. The number of amides is 3. The topological polar surface area (TPSA) is 223 Å². The van der Waals surface area contributed by atoms with Gasteiger partial charge in [0, 0.05) is 17.2 Å². The van der Waals surface area contributed by atoms with Gasteiger partial charge in [0.05, 0.1) is 29.3 Å². The fraction of sp³-hybridized carbons (Fsp3) is 0.310. The van der Waals surface area contributed by atoms with E-state index in [1.807, 2.05) is 0 Å². The molecule has 42 heavy (non-hydrogen) atoms. The molecule has 0 aliphatic heterocycles. The fourth-order valence-electron chi connectivity index (χ4n) is 6.52. The van der Waals surface area contributed by atoms with Gasteiger partial charge in [0.2, 0.25) is 5.78 Å². The van der Waals surface area contributed by atoms with Crippen LogP contribution in [0.4, 0.5) is 16.2 Å². The molecule has 13 heteroatoms. The number of aromatic hydroxyl groups is 1. The van der Waals surface area contributed by atoms with Gasteiger partial charge in [-0.1, -0.05) is 31.2 Å². The van der Waals surface area contributed by atoms with Crippen molar-refractivity contribution in [2.45, 2.75) is 30.6 Å². The van der Waals surface area contributed by atoms with Crippen molar-refractivity contribution < 1.29 is 44.7 Å². The van der Waals surface area contributed by atoms with E-state index in [1.165, 1.54) is 31.1 Å². The lowest BCUT2D eigenvalue weighted by Gasteiger charge is -2.53. The predicted molar refractivity (Wildman–Crippen MR) is 149 cm³/mol. The number of ketones is 2. The van der Waals surface area contributed by atoms with E-state index in [9.17, 15) is 44.7 Å². The molecule has 9 N–H and O–H groups in total. The number of anilines is 2. The van der Waals surface area contributed by atoms with Gasteiger partial charge in [0.25, 0.3) is 5.91 Å². The number of benzene rings is 2. The number of nitrogens with one attached hydrogen (secondary N) is 2. The number of likely N-dealkylation sites (N-methyl/N-ethyl adjacent to an activating group) is 1. The van der Waals surface area contributed by atoms with Crippen LogP contribution in [0, 0.1) is 11.8 Å². The van der Waals surface area contributed by atoms with E-state index >= 15 is 0 Å². The Morgan fingerprint density at radius 3 is 2.24 bits per heavy atom. The standard InChI is InChI=1S/C29H30N4O9/c1-11-13-9-10-14(32-28(41)31-12-7-5-4-6-8-12)21(34)16(13)22(35)17-15(11)23(36)19-20(33(2)3)24(37)18(27(30)40)26(39)29(19,42)25(17)38/h4-11,15,19-20,23,34-36,39,42H,1-3H3,(H2,30,40)(H2,31,32,41)/t11-,15+,19-,20-,23-,29+/m1/s1. The summed E-state index contributed by atoms with van der Waals surface area (Å²) in [5.41, 5.74) is 1.24. The Balaban J connectivity index is 1.64. The average Bonchev–Trinajstić information content (AvgIpc) is 2.92. The fourth-order valence-corrected chi connectivity index (χ4v) is 6.52. The summed E-state index contributed by atoms with van der Waals surface area (Å²) < 4.78 is 0. The molecule has 0 unspecified atom stereocenters. The highest BCUT2D eigenvalue weighted by Crippen LogP contribution is 2.56. The van der Waals surface area contributed by atoms with Gasteiger partial charge in [0.15, 0.2) is 11.4 Å². The molecule has 2 aromatic rings. The molecule has 0 spiro atoms. The van der Waals surface area contributed by atoms with Crippen LogP contribution in [0.2, 0.25) is 0 Å². The first kappa shape index (κ1) is 28.8. The molecule has 220 valence electrons. The Labute approximate surface area is 239 Å². The first-order valence-corrected chi connectivity index (χ1v) is 13.0. The SMILES string of the molecule is C[C@@H]1c2ccc(NC(=O)Nc3ccccc3)c(O)c2C(O)=C2C(=O)[C@]3(O)C(O)=C(C(N)=O)C(=O)[C@H](N(C)C)[C@@H]3[C@H](O)[C@H]21. The largest absolute Gasteiger partial charge is 0.508 e. The van der Waals surface area contributed by atoms with Gasteiger partial charge < -0.3 is 41.9 Å². The van der Waals surface area contributed by atoms with E-state index in [0.29, 0.717) is 11.3 Å². The molecule has 3 amide bonds. The molecular weight excluding hydrogens is 548 g/mol. The highest BCUT2D eigenvalue weighted by Gasteiger charge is 2.68. The number of aliphatic hydroxyl groups excluding tert-OH is 3. The molecule has 0 heterocycles. The van der Waals surface area contributed by atoms with Crippen LogP contribution in [0.3, 0.4) is 0 Å². The third-order valence-corrected chi connectivity index (χ3v) is 8.41. The molecule has 13 nitrogen and oxygen atoms in total. The average molecular weight is 579 g/mol. The Morgan fingerprint density at radius 1 is 1.00 bits per heavy atom. The van der Waals surface area contributed by atoms with Crippen molar-refractivity contribution in [1.29, 1.82) is 0 Å². The number of fused-ring (bicyclic) bond motifs is 3. The van der Waals surface area contributed by atoms with Crippen molar-refractivity contribution >= 4 is 40.6 Å². The number of phenolic OH excluding ortho intramolecular Hbond substituents is 1. The zero-order valence-electron chi connectivity index (χ0n) is 22.8.